The van der Waals surface area contributed by atoms with Gasteiger partial charge < -0.3 is 10.2 Å². The van der Waals surface area contributed by atoms with Crippen LogP contribution in [0, 0.1) is 0 Å². The van der Waals surface area contributed by atoms with E-state index in [0.29, 0.717) is 12.8 Å². The van der Waals surface area contributed by atoms with Gasteiger partial charge in [0.05, 0.1) is 6.10 Å². The Kier molecular flexibility index (Phi) is 4.91. The van der Waals surface area contributed by atoms with E-state index in [4.69, 9.17) is 0 Å². The lowest BCUT2D eigenvalue weighted by molar-refractivity contribution is 0.177. The number of phenols is 1. The lowest BCUT2D eigenvalue weighted by Crippen LogP contribution is -2.08. The Morgan fingerprint density at radius 1 is 1.27 bits per heavy atom. The van der Waals surface area contributed by atoms with Crippen LogP contribution in [0.5, 0.6) is 5.75 Å². The monoisotopic (exact) mass is 206 g/mol. The van der Waals surface area contributed by atoms with Crippen molar-refractivity contribution in [3.63, 3.8) is 0 Å². The molecule has 2 heteroatoms. The first-order valence-corrected chi connectivity index (χ1v) is 5.34. The molecule has 0 aliphatic rings. The molecular formula is C13H18O2. The van der Waals surface area contributed by atoms with Gasteiger partial charge in [-0.3, -0.25) is 0 Å². The molecule has 0 spiro atoms. The molecule has 0 saturated carbocycles. The molecule has 0 heterocycles. The van der Waals surface area contributed by atoms with Gasteiger partial charge in [-0.1, -0.05) is 37.3 Å². The Balaban J connectivity index is 2.47. The molecular weight excluding hydrogens is 188 g/mol. The predicted octanol–water partition coefficient (Wildman–Crippen LogP) is 2.65. The van der Waals surface area contributed by atoms with Crippen LogP contribution in [0.3, 0.4) is 0 Å². The van der Waals surface area contributed by atoms with E-state index >= 15 is 0 Å². The van der Waals surface area contributed by atoms with Crippen molar-refractivity contribution in [2.45, 2.75) is 32.3 Å². The third kappa shape index (κ3) is 4.17. The Morgan fingerprint density at radius 2 is 2.00 bits per heavy atom. The minimum absolute atomic E-state index is 0.260. The summed E-state index contributed by atoms with van der Waals surface area (Å²) < 4.78 is 0. The third-order valence-corrected chi connectivity index (χ3v) is 2.26. The molecule has 0 bridgehead atoms. The summed E-state index contributed by atoms with van der Waals surface area (Å²) in [6, 6.07) is 7.12. The van der Waals surface area contributed by atoms with Gasteiger partial charge in [-0.05, 0) is 24.5 Å². The molecule has 0 fully saturated rings. The number of allylic oxidation sites excluding steroid dienone is 1. The van der Waals surface area contributed by atoms with E-state index < -0.39 is 6.10 Å². The molecule has 0 radical (unpaired) electrons. The molecule has 82 valence electrons. The summed E-state index contributed by atoms with van der Waals surface area (Å²) in [5.74, 6) is 0.260. The summed E-state index contributed by atoms with van der Waals surface area (Å²) >= 11 is 0. The van der Waals surface area contributed by atoms with Crippen molar-refractivity contribution in [2.75, 3.05) is 0 Å². The molecule has 0 aromatic heterocycles. The highest BCUT2D eigenvalue weighted by molar-refractivity contribution is 5.32. The average molecular weight is 206 g/mol. The predicted molar refractivity (Wildman–Crippen MR) is 61.9 cm³/mol. The van der Waals surface area contributed by atoms with E-state index in [2.05, 4.69) is 6.92 Å². The van der Waals surface area contributed by atoms with E-state index in [0.717, 1.165) is 12.0 Å². The molecule has 2 N–H and O–H groups in total. The van der Waals surface area contributed by atoms with Crippen LogP contribution < -0.4 is 0 Å². The summed E-state index contributed by atoms with van der Waals surface area (Å²) in [6.45, 7) is 2.06. The summed E-state index contributed by atoms with van der Waals surface area (Å²) in [7, 11) is 0. The topological polar surface area (TPSA) is 40.5 Å². The van der Waals surface area contributed by atoms with Crippen LogP contribution in [0.2, 0.25) is 0 Å². The molecule has 0 aliphatic carbocycles. The summed E-state index contributed by atoms with van der Waals surface area (Å²) in [5, 5.41) is 19.2. The van der Waals surface area contributed by atoms with Gasteiger partial charge in [-0.15, -0.1) is 0 Å². The maximum absolute atomic E-state index is 9.69. The van der Waals surface area contributed by atoms with Gasteiger partial charge in [-0.25, -0.2) is 0 Å². The Bertz CT molecular complexity index is 318. The number of aliphatic hydroxyl groups excluding tert-OH is 1. The quantitative estimate of drug-likeness (QED) is 0.727. The van der Waals surface area contributed by atoms with Crippen molar-refractivity contribution >= 4 is 0 Å². The highest BCUT2D eigenvalue weighted by Gasteiger charge is 2.06. The number of rotatable bonds is 5. The third-order valence-electron chi connectivity index (χ3n) is 2.26. The highest BCUT2D eigenvalue weighted by atomic mass is 16.3. The number of hydrogen-bond acceptors (Lipinski definition) is 2. The van der Waals surface area contributed by atoms with Crippen molar-refractivity contribution in [1.82, 2.24) is 0 Å². The number of benzene rings is 1. The first kappa shape index (κ1) is 11.8. The van der Waals surface area contributed by atoms with Crippen LogP contribution in [0.4, 0.5) is 0 Å². The van der Waals surface area contributed by atoms with Gasteiger partial charge in [0.15, 0.2) is 0 Å². The molecule has 2 nitrogen and oxygen atoms in total. The van der Waals surface area contributed by atoms with Gasteiger partial charge >= 0.3 is 0 Å². The first-order valence-electron chi connectivity index (χ1n) is 5.34. The lowest BCUT2D eigenvalue weighted by Gasteiger charge is -2.09. The Morgan fingerprint density at radius 3 is 2.67 bits per heavy atom. The van der Waals surface area contributed by atoms with Crippen LogP contribution in [-0.4, -0.2) is 16.3 Å². The van der Waals surface area contributed by atoms with Crippen LogP contribution in [-0.2, 0) is 6.42 Å². The molecule has 0 aliphatic heterocycles. The fourth-order valence-corrected chi connectivity index (χ4v) is 1.44. The number of aromatic hydroxyl groups is 1. The number of hydrogen-bond donors (Lipinski definition) is 2. The van der Waals surface area contributed by atoms with Crippen LogP contribution in [0.15, 0.2) is 36.4 Å². The second kappa shape index (κ2) is 6.25. The second-order valence-corrected chi connectivity index (χ2v) is 3.60. The number of aliphatic hydroxyl groups is 1. The minimum Gasteiger partial charge on any atom is -0.508 e. The maximum atomic E-state index is 9.69. The zero-order valence-electron chi connectivity index (χ0n) is 9.06. The molecule has 1 rings (SSSR count). The largest absolute Gasteiger partial charge is 0.508 e. The van der Waals surface area contributed by atoms with E-state index in [9.17, 15) is 10.2 Å². The van der Waals surface area contributed by atoms with Crippen LogP contribution >= 0.6 is 0 Å². The molecule has 15 heavy (non-hydrogen) atoms. The Labute approximate surface area is 90.9 Å². The lowest BCUT2D eigenvalue weighted by atomic mass is 10.0. The highest BCUT2D eigenvalue weighted by Crippen LogP contribution is 2.18. The van der Waals surface area contributed by atoms with Crippen LogP contribution in [0.25, 0.3) is 0 Å². The molecule has 1 aromatic rings. The maximum Gasteiger partial charge on any atom is 0.118 e. The van der Waals surface area contributed by atoms with Crippen molar-refractivity contribution < 1.29 is 10.2 Å². The summed E-state index contributed by atoms with van der Waals surface area (Å²) in [4.78, 5) is 0. The van der Waals surface area contributed by atoms with E-state index in [-0.39, 0.29) is 5.75 Å². The average Bonchev–Trinajstić information content (AvgIpc) is 2.22. The molecule has 0 saturated heterocycles. The van der Waals surface area contributed by atoms with Crippen molar-refractivity contribution in [2.24, 2.45) is 0 Å². The Hall–Kier alpha value is -1.28. The normalized spacial score (nSPS) is 13.2. The zero-order valence-corrected chi connectivity index (χ0v) is 9.06. The van der Waals surface area contributed by atoms with E-state index in [1.165, 1.54) is 0 Å². The van der Waals surface area contributed by atoms with Crippen molar-refractivity contribution in [3.05, 3.63) is 42.0 Å². The SMILES string of the molecule is CC/C=C\CC(O)Cc1ccccc1O. The van der Waals surface area contributed by atoms with Gasteiger partial charge in [0.1, 0.15) is 5.75 Å². The molecule has 1 unspecified atom stereocenters. The molecule has 0 amide bonds. The van der Waals surface area contributed by atoms with Gasteiger partial charge in [0, 0.05) is 6.42 Å². The second-order valence-electron chi connectivity index (χ2n) is 3.60. The first-order chi connectivity index (χ1) is 7.24. The van der Waals surface area contributed by atoms with Crippen molar-refractivity contribution in [1.29, 1.82) is 0 Å². The fraction of sp³-hybridized carbons (Fsp3) is 0.385. The van der Waals surface area contributed by atoms with E-state index in [1.54, 1.807) is 12.1 Å². The van der Waals surface area contributed by atoms with Gasteiger partial charge in [0.2, 0.25) is 0 Å². The van der Waals surface area contributed by atoms with Crippen molar-refractivity contribution in [3.8, 4) is 5.75 Å². The standard InChI is InChI=1S/C13H18O2/c1-2-3-4-8-12(14)10-11-7-5-6-9-13(11)15/h3-7,9,12,14-15H,2,8,10H2,1H3/b4-3-. The number of para-hydroxylation sites is 1. The molecule has 1 aromatic carbocycles. The van der Waals surface area contributed by atoms with Gasteiger partial charge in [-0.2, -0.15) is 0 Å². The van der Waals surface area contributed by atoms with E-state index in [1.807, 2.05) is 24.3 Å². The minimum atomic E-state index is -0.416. The number of phenolic OH excluding ortho intramolecular Hbond substituents is 1. The summed E-state index contributed by atoms with van der Waals surface area (Å²) in [5.41, 5.74) is 0.801. The van der Waals surface area contributed by atoms with Crippen LogP contribution in [0.1, 0.15) is 25.3 Å². The zero-order chi connectivity index (χ0) is 11.1. The molecule has 1 atom stereocenters. The summed E-state index contributed by atoms with van der Waals surface area (Å²) in [6.07, 6.45) is 5.73. The fourth-order valence-electron chi connectivity index (χ4n) is 1.44. The smallest absolute Gasteiger partial charge is 0.118 e. The van der Waals surface area contributed by atoms with Gasteiger partial charge in [0.25, 0.3) is 0 Å².